The normalized spacial score (nSPS) is 20.5. The highest BCUT2D eigenvalue weighted by atomic mass is 19.1. The number of halogens is 1. The minimum Gasteiger partial charge on any atom is -0.381 e. The van der Waals surface area contributed by atoms with Crippen LogP contribution in [-0.2, 0) is 9.53 Å². The van der Waals surface area contributed by atoms with E-state index in [2.05, 4.69) is 15.3 Å². The van der Waals surface area contributed by atoms with Crippen molar-refractivity contribution in [2.45, 2.75) is 38.1 Å². The van der Waals surface area contributed by atoms with Gasteiger partial charge in [-0.15, -0.1) is 0 Å². The van der Waals surface area contributed by atoms with Crippen LogP contribution in [0.2, 0.25) is 0 Å². The van der Waals surface area contributed by atoms with E-state index >= 15 is 0 Å². The summed E-state index contributed by atoms with van der Waals surface area (Å²) in [5.41, 5.74) is 0. The number of nitrogens with zero attached hydrogens (tertiary/aromatic N) is 3. The van der Waals surface area contributed by atoms with Gasteiger partial charge in [-0.05, 0) is 31.6 Å². The molecule has 0 aromatic carbocycles. The second-order valence-corrected chi connectivity index (χ2v) is 6.28. The van der Waals surface area contributed by atoms with Crippen LogP contribution in [-0.4, -0.2) is 48.2 Å². The van der Waals surface area contributed by atoms with Crippen LogP contribution in [0.3, 0.4) is 0 Å². The number of rotatable bonds is 4. The van der Waals surface area contributed by atoms with Gasteiger partial charge in [-0.25, -0.2) is 14.4 Å². The number of piperidine rings is 1. The average molecular weight is 322 g/mol. The lowest BCUT2D eigenvalue weighted by molar-refractivity contribution is -0.123. The van der Waals surface area contributed by atoms with E-state index in [1.807, 2.05) is 4.90 Å². The summed E-state index contributed by atoms with van der Waals surface area (Å²) >= 11 is 0. The van der Waals surface area contributed by atoms with Crippen LogP contribution in [0.4, 0.5) is 10.2 Å². The predicted octanol–water partition coefficient (Wildman–Crippen LogP) is 1.52. The summed E-state index contributed by atoms with van der Waals surface area (Å²) in [7, 11) is 0. The first kappa shape index (κ1) is 16.1. The molecule has 2 saturated heterocycles. The zero-order chi connectivity index (χ0) is 16.1. The third-order valence-electron chi connectivity index (χ3n) is 4.62. The highest BCUT2D eigenvalue weighted by molar-refractivity contribution is 5.76. The molecule has 3 heterocycles. The molecule has 1 N–H and O–H groups in total. The molecule has 0 atom stereocenters. The second-order valence-electron chi connectivity index (χ2n) is 6.28. The van der Waals surface area contributed by atoms with Crippen LogP contribution >= 0.6 is 0 Å². The summed E-state index contributed by atoms with van der Waals surface area (Å²) in [5.74, 6) is 0.466. The van der Waals surface area contributed by atoms with Crippen LogP contribution < -0.4 is 10.2 Å². The zero-order valence-corrected chi connectivity index (χ0v) is 13.2. The second kappa shape index (κ2) is 7.68. The molecule has 0 unspecified atom stereocenters. The van der Waals surface area contributed by atoms with Crippen molar-refractivity contribution in [3.63, 3.8) is 0 Å². The van der Waals surface area contributed by atoms with Crippen molar-refractivity contribution < 1.29 is 13.9 Å². The number of nitrogens with one attached hydrogen (secondary N) is 1. The number of carbonyl (C=O) groups excluding carboxylic acids is 1. The largest absolute Gasteiger partial charge is 0.381 e. The molecule has 2 aliphatic rings. The first-order valence-corrected chi connectivity index (χ1v) is 8.30. The molecule has 23 heavy (non-hydrogen) atoms. The van der Waals surface area contributed by atoms with E-state index in [0.29, 0.717) is 18.2 Å². The summed E-state index contributed by atoms with van der Waals surface area (Å²) in [4.78, 5) is 21.8. The van der Waals surface area contributed by atoms with Gasteiger partial charge in [-0.2, -0.15) is 0 Å². The molecule has 3 rings (SSSR count). The van der Waals surface area contributed by atoms with E-state index in [4.69, 9.17) is 4.74 Å². The van der Waals surface area contributed by atoms with Crippen molar-refractivity contribution in [2.24, 2.45) is 5.92 Å². The molecule has 126 valence electrons. The van der Waals surface area contributed by atoms with Gasteiger partial charge < -0.3 is 15.0 Å². The van der Waals surface area contributed by atoms with Gasteiger partial charge in [0, 0.05) is 38.8 Å². The minimum atomic E-state index is -0.386. The Hall–Kier alpha value is -1.76. The Morgan fingerprint density at radius 1 is 1.30 bits per heavy atom. The zero-order valence-electron chi connectivity index (χ0n) is 13.2. The fourth-order valence-electron chi connectivity index (χ4n) is 3.28. The lowest BCUT2D eigenvalue weighted by atomic mass is 9.93. The molecule has 7 heteroatoms. The van der Waals surface area contributed by atoms with Crippen molar-refractivity contribution >= 4 is 11.7 Å². The Morgan fingerprint density at radius 3 is 2.74 bits per heavy atom. The highest BCUT2D eigenvalue weighted by Gasteiger charge is 2.25. The topological polar surface area (TPSA) is 67.4 Å². The third kappa shape index (κ3) is 4.37. The molecular formula is C16H23FN4O2. The van der Waals surface area contributed by atoms with Crippen molar-refractivity contribution in [3.05, 3.63) is 18.3 Å². The van der Waals surface area contributed by atoms with Crippen molar-refractivity contribution in [2.75, 3.05) is 31.2 Å². The summed E-state index contributed by atoms with van der Waals surface area (Å²) in [6.45, 7) is 2.91. The van der Waals surface area contributed by atoms with Crippen molar-refractivity contribution in [1.29, 1.82) is 0 Å². The Morgan fingerprint density at radius 2 is 2.04 bits per heavy atom. The number of hydrogen-bond acceptors (Lipinski definition) is 5. The van der Waals surface area contributed by atoms with Crippen molar-refractivity contribution in [1.82, 2.24) is 15.3 Å². The maximum atomic E-state index is 13.7. The fourth-order valence-corrected chi connectivity index (χ4v) is 3.28. The van der Waals surface area contributed by atoms with Crippen LogP contribution in [0.5, 0.6) is 0 Å². The predicted molar refractivity (Wildman–Crippen MR) is 83.5 cm³/mol. The molecule has 0 aliphatic carbocycles. The third-order valence-corrected chi connectivity index (χ3v) is 4.62. The summed E-state index contributed by atoms with van der Waals surface area (Å²) in [6.07, 6.45) is 6.67. The molecule has 2 fully saturated rings. The number of ether oxygens (including phenoxy) is 1. The van der Waals surface area contributed by atoms with Gasteiger partial charge in [0.05, 0.1) is 6.20 Å². The lowest BCUT2D eigenvalue weighted by Gasteiger charge is -2.33. The van der Waals surface area contributed by atoms with E-state index in [1.165, 1.54) is 12.5 Å². The van der Waals surface area contributed by atoms with Crippen LogP contribution in [0.15, 0.2) is 12.5 Å². The Bertz CT molecular complexity index is 529. The fraction of sp³-hybridized carbons (Fsp3) is 0.688. The van der Waals surface area contributed by atoms with Gasteiger partial charge in [0.25, 0.3) is 0 Å². The maximum absolute atomic E-state index is 13.7. The smallest absolute Gasteiger partial charge is 0.220 e. The van der Waals surface area contributed by atoms with Gasteiger partial charge in [0.1, 0.15) is 6.33 Å². The monoisotopic (exact) mass is 322 g/mol. The van der Waals surface area contributed by atoms with E-state index in [1.54, 1.807) is 0 Å². The van der Waals surface area contributed by atoms with Crippen LogP contribution in [0, 0.1) is 11.7 Å². The SMILES string of the molecule is O=C(CC1CCN(c2ncncc2F)CC1)NC1CCOCC1. The molecule has 0 radical (unpaired) electrons. The number of amides is 1. The molecule has 0 spiro atoms. The summed E-state index contributed by atoms with van der Waals surface area (Å²) < 4.78 is 19.0. The van der Waals surface area contributed by atoms with Crippen molar-refractivity contribution in [3.8, 4) is 0 Å². The Labute approximate surface area is 135 Å². The standard InChI is InChI=1S/C16H23FN4O2/c17-14-10-18-11-19-16(14)21-5-1-12(2-6-21)9-15(22)20-13-3-7-23-8-4-13/h10-13H,1-9H2,(H,20,22). The van der Waals surface area contributed by atoms with E-state index in [-0.39, 0.29) is 17.8 Å². The van der Waals surface area contributed by atoms with Gasteiger partial charge in [-0.3, -0.25) is 4.79 Å². The van der Waals surface area contributed by atoms with Crippen LogP contribution in [0.1, 0.15) is 32.1 Å². The molecule has 1 amide bonds. The lowest BCUT2D eigenvalue weighted by Crippen LogP contribution is -2.41. The highest BCUT2D eigenvalue weighted by Crippen LogP contribution is 2.25. The minimum absolute atomic E-state index is 0.128. The van der Waals surface area contributed by atoms with Gasteiger partial charge in [-0.1, -0.05) is 0 Å². The number of aromatic nitrogens is 2. The molecule has 0 saturated carbocycles. The number of carbonyl (C=O) groups is 1. The molecule has 2 aliphatic heterocycles. The van der Waals surface area contributed by atoms with E-state index < -0.39 is 0 Å². The average Bonchev–Trinajstić information content (AvgIpc) is 2.57. The van der Waals surface area contributed by atoms with E-state index in [9.17, 15) is 9.18 Å². The van der Waals surface area contributed by atoms with E-state index in [0.717, 1.165) is 52.0 Å². The van der Waals surface area contributed by atoms with Crippen LogP contribution in [0.25, 0.3) is 0 Å². The number of anilines is 1. The number of hydrogen-bond donors (Lipinski definition) is 1. The van der Waals surface area contributed by atoms with Gasteiger partial charge >= 0.3 is 0 Å². The Balaban J connectivity index is 1.44. The molecular weight excluding hydrogens is 299 g/mol. The van der Waals surface area contributed by atoms with Gasteiger partial charge in [0.15, 0.2) is 11.6 Å². The summed E-state index contributed by atoms with van der Waals surface area (Å²) in [6, 6.07) is 0.256. The maximum Gasteiger partial charge on any atom is 0.220 e. The molecule has 6 nitrogen and oxygen atoms in total. The first-order chi connectivity index (χ1) is 11.2. The molecule has 1 aromatic rings. The first-order valence-electron chi connectivity index (χ1n) is 8.30. The Kier molecular flexibility index (Phi) is 5.38. The molecule has 1 aromatic heterocycles. The molecule has 0 bridgehead atoms. The quantitative estimate of drug-likeness (QED) is 0.910. The van der Waals surface area contributed by atoms with Gasteiger partial charge in [0.2, 0.25) is 5.91 Å². The summed E-state index contributed by atoms with van der Waals surface area (Å²) in [5, 5.41) is 3.11.